The van der Waals surface area contributed by atoms with E-state index in [4.69, 9.17) is 0 Å². The quantitative estimate of drug-likeness (QED) is 0.788. The van der Waals surface area contributed by atoms with Crippen LogP contribution in [0.3, 0.4) is 0 Å². The molecule has 1 amide bonds. The van der Waals surface area contributed by atoms with E-state index in [0.717, 1.165) is 43.7 Å². The van der Waals surface area contributed by atoms with Gasteiger partial charge in [-0.2, -0.15) is 0 Å². The number of hydrogen-bond donors (Lipinski definition) is 2. The summed E-state index contributed by atoms with van der Waals surface area (Å²) in [6.07, 6.45) is 9.72. The SMILES string of the molecule is Cl.O=C(CCC1CCNCC1)NC(C1CC1)C1CC1. The summed E-state index contributed by atoms with van der Waals surface area (Å²) in [6, 6.07) is 0.533. The highest BCUT2D eigenvalue weighted by molar-refractivity contribution is 5.85. The molecule has 1 aliphatic heterocycles. The molecular weight excluding hydrogens is 260 g/mol. The Kier molecular flexibility index (Phi) is 5.52. The van der Waals surface area contributed by atoms with Gasteiger partial charge in [-0.05, 0) is 75.8 Å². The molecule has 0 unspecified atom stereocenters. The molecule has 0 atom stereocenters. The van der Waals surface area contributed by atoms with Crippen molar-refractivity contribution in [2.75, 3.05) is 13.1 Å². The second kappa shape index (κ2) is 6.94. The Hall–Kier alpha value is -0.280. The Labute approximate surface area is 122 Å². The second-order valence-electron chi connectivity index (χ2n) is 6.50. The summed E-state index contributed by atoms with van der Waals surface area (Å²) in [5, 5.41) is 6.71. The van der Waals surface area contributed by atoms with Gasteiger partial charge in [-0.25, -0.2) is 0 Å². The van der Waals surface area contributed by atoms with Crippen LogP contribution in [0.25, 0.3) is 0 Å². The van der Waals surface area contributed by atoms with E-state index < -0.39 is 0 Å². The Morgan fingerprint density at radius 2 is 1.63 bits per heavy atom. The van der Waals surface area contributed by atoms with Gasteiger partial charge in [-0.1, -0.05) is 0 Å². The molecule has 0 spiro atoms. The van der Waals surface area contributed by atoms with Crippen molar-refractivity contribution in [2.45, 2.75) is 57.4 Å². The zero-order valence-corrected chi connectivity index (χ0v) is 12.5. The molecule has 3 fully saturated rings. The zero-order valence-electron chi connectivity index (χ0n) is 11.7. The summed E-state index contributed by atoms with van der Waals surface area (Å²) >= 11 is 0. The van der Waals surface area contributed by atoms with E-state index in [1.165, 1.54) is 38.5 Å². The third-order valence-electron chi connectivity index (χ3n) is 4.83. The predicted molar refractivity (Wildman–Crippen MR) is 79.5 cm³/mol. The standard InChI is InChI=1S/C15H26N2O.ClH/c18-14(6-1-11-7-9-16-10-8-11)17-15(12-2-3-12)13-4-5-13;/h11-13,15-16H,1-10H2,(H,17,18);1H. The fraction of sp³-hybridized carbons (Fsp3) is 0.933. The molecule has 1 saturated heterocycles. The maximum absolute atomic E-state index is 12.0. The molecule has 0 aromatic heterocycles. The first-order valence-electron chi connectivity index (χ1n) is 7.83. The molecule has 110 valence electrons. The van der Waals surface area contributed by atoms with Gasteiger partial charge in [0.25, 0.3) is 0 Å². The Morgan fingerprint density at radius 3 is 2.16 bits per heavy atom. The highest BCUT2D eigenvalue weighted by Crippen LogP contribution is 2.44. The van der Waals surface area contributed by atoms with Gasteiger partial charge in [-0.15, -0.1) is 12.4 Å². The summed E-state index contributed by atoms with van der Waals surface area (Å²) < 4.78 is 0. The molecule has 2 N–H and O–H groups in total. The van der Waals surface area contributed by atoms with Gasteiger partial charge in [0.05, 0.1) is 0 Å². The van der Waals surface area contributed by atoms with Crippen molar-refractivity contribution < 1.29 is 4.79 Å². The van der Waals surface area contributed by atoms with E-state index in [1.54, 1.807) is 0 Å². The minimum absolute atomic E-state index is 0. The highest BCUT2D eigenvalue weighted by Gasteiger charge is 2.42. The molecule has 0 bridgehead atoms. The van der Waals surface area contributed by atoms with Gasteiger partial charge in [-0.3, -0.25) is 4.79 Å². The van der Waals surface area contributed by atoms with Crippen LogP contribution < -0.4 is 10.6 Å². The summed E-state index contributed by atoms with van der Waals surface area (Å²) in [7, 11) is 0. The number of nitrogens with one attached hydrogen (secondary N) is 2. The molecule has 0 radical (unpaired) electrons. The Bertz CT molecular complexity index is 285. The molecule has 19 heavy (non-hydrogen) atoms. The third kappa shape index (κ3) is 4.64. The lowest BCUT2D eigenvalue weighted by Crippen LogP contribution is -2.38. The first kappa shape index (κ1) is 15.1. The number of amides is 1. The van der Waals surface area contributed by atoms with Gasteiger partial charge in [0, 0.05) is 12.5 Å². The van der Waals surface area contributed by atoms with Crippen LogP contribution in [0.5, 0.6) is 0 Å². The number of piperidine rings is 1. The van der Waals surface area contributed by atoms with E-state index in [1.807, 2.05) is 0 Å². The van der Waals surface area contributed by atoms with Gasteiger partial charge >= 0.3 is 0 Å². The van der Waals surface area contributed by atoms with Crippen molar-refractivity contribution in [1.82, 2.24) is 10.6 Å². The fourth-order valence-electron chi connectivity index (χ4n) is 3.29. The minimum Gasteiger partial charge on any atom is -0.353 e. The first-order chi connectivity index (χ1) is 8.83. The first-order valence-corrected chi connectivity index (χ1v) is 7.83. The van der Waals surface area contributed by atoms with Crippen LogP contribution in [-0.4, -0.2) is 25.0 Å². The monoisotopic (exact) mass is 286 g/mol. The van der Waals surface area contributed by atoms with E-state index in [0.29, 0.717) is 11.9 Å². The van der Waals surface area contributed by atoms with E-state index in [2.05, 4.69) is 10.6 Å². The van der Waals surface area contributed by atoms with E-state index in [-0.39, 0.29) is 12.4 Å². The molecule has 4 heteroatoms. The van der Waals surface area contributed by atoms with Crippen molar-refractivity contribution in [3.63, 3.8) is 0 Å². The van der Waals surface area contributed by atoms with Gasteiger partial charge in [0.1, 0.15) is 0 Å². The average molecular weight is 287 g/mol. The highest BCUT2D eigenvalue weighted by atomic mass is 35.5. The minimum atomic E-state index is 0. The lowest BCUT2D eigenvalue weighted by atomic mass is 9.93. The third-order valence-corrected chi connectivity index (χ3v) is 4.83. The maximum atomic E-state index is 12.0. The number of carbonyl (C=O) groups is 1. The molecular formula is C15H27ClN2O. The van der Waals surface area contributed by atoms with Crippen LogP contribution >= 0.6 is 12.4 Å². The molecule has 0 aromatic rings. The summed E-state index contributed by atoms with van der Waals surface area (Å²) in [5.74, 6) is 2.73. The second-order valence-corrected chi connectivity index (χ2v) is 6.50. The molecule has 1 heterocycles. The molecule has 3 rings (SSSR count). The Morgan fingerprint density at radius 1 is 1.05 bits per heavy atom. The summed E-state index contributed by atoms with van der Waals surface area (Å²) in [6.45, 7) is 2.28. The number of rotatable bonds is 6. The number of halogens is 1. The number of carbonyl (C=O) groups excluding carboxylic acids is 1. The zero-order chi connectivity index (χ0) is 12.4. The van der Waals surface area contributed by atoms with Crippen LogP contribution in [0.15, 0.2) is 0 Å². The largest absolute Gasteiger partial charge is 0.353 e. The molecule has 3 nitrogen and oxygen atoms in total. The van der Waals surface area contributed by atoms with Crippen LogP contribution in [0.1, 0.15) is 51.4 Å². The molecule has 0 aromatic carbocycles. The average Bonchev–Trinajstić information content (AvgIpc) is 3.28. The van der Waals surface area contributed by atoms with Gasteiger partial charge in [0.15, 0.2) is 0 Å². The lowest BCUT2D eigenvalue weighted by Gasteiger charge is -2.23. The molecule has 3 aliphatic rings. The van der Waals surface area contributed by atoms with Crippen LogP contribution in [0, 0.1) is 17.8 Å². The van der Waals surface area contributed by atoms with E-state index >= 15 is 0 Å². The summed E-state index contributed by atoms with van der Waals surface area (Å²) in [4.78, 5) is 12.0. The Balaban J connectivity index is 0.00000133. The van der Waals surface area contributed by atoms with Crippen molar-refractivity contribution in [1.29, 1.82) is 0 Å². The normalized spacial score (nSPS) is 24.1. The molecule has 2 saturated carbocycles. The summed E-state index contributed by atoms with van der Waals surface area (Å²) in [5.41, 5.74) is 0. The van der Waals surface area contributed by atoms with Crippen LogP contribution in [0.2, 0.25) is 0 Å². The fourth-order valence-corrected chi connectivity index (χ4v) is 3.29. The lowest BCUT2D eigenvalue weighted by molar-refractivity contribution is -0.122. The van der Waals surface area contributed by atoms with Crippen molar-refractivity contribution in [3.8, 4) is 0 Å². The van der Waals surface area contributed by atoms with Gasteiger partial charge < -0.3 is 10.6 Å². The van der Waals surface area contributed by atoms with Crippen molar-refractivity contribution in [3.05, 3.63) is 0 Å². The van der Waals surface area contributed by atoms with Crippen molar-refractivity contribution in [2.24, 2.45) is 17.8 Å². The van der Waals surface area contributed by atoms with Gasteiger partial charge in [0.2, 0.25) is 5.91 Å². The van der Waals surface area contributed by atoms with Crippen LogP contribution in [0.4, 0.5) is 0 Å². The van der Waals surface area contributed by atoms with Crippen LogP contribution in [-0.2, 0) is 4.79 Å². The maximum Gasteiger partial charge on any atom is 0.220 e. The topological polar surface area (TPSA) is 41.1 Å². The predicted octanol–water partition coefficient (Wildman–Crippen LogP) is 2.49. The van der Waals surface area contributed by atoms with E-state index in [9.17, 15) is 4.79 Å². The number of hydrogen-bond acceptors (Lipinski definition) is 2. The molecule has 2 aliphatic carbocycles. The van der Waals surface area contributed by atoms with Crippen molar-refractivity contribution >= 4 is 18.3 Å². The smallest absolute Gasteiger partial charge is 0.220 e.